The highest BCUT2D eigenvalue weighted by Gasteiger charge is 2.27. The van der Waals surface area contributed by atoms with Crippen molar-refractivity contribution in [3.05, 3.63) is 0 Å². The number of hydrogen-bond donors (Lipinski definition) is 2. The summed E-state index contributed by atoms with van der Waals surface area (Å²) >= 11 is 0. The van der Waals surface area contributed by atoms with Gasteiger partial charge in [0.05, 0.1) is 18.1 Å². The third-order valence-corrected chi connectivity index (χ3v) is 2.55. The molecule has 0 aliphatic heterocycles. The van der Waals surface area contributed by atoms with E-state index >= 15 is 0 Å². The maximum Gasteiger partial charge on any atom is 0.310 e. The molecule has 0 aromatic rings. The van der Waals surface area contributed by atoms with E-state index in [1.54, 1.807) is 20.8 Å². The summed E-state index contributed by atoms with van der Waals surface area (Å²) in [6.45, 7) is 7.74. The number of rotatable bonds is 7. The van der Waals surface area contributed by atoms with Crippen LogP contribution < -0.4 is 11.1 Å². The number of amides is 1. The van der Waals surface area contributed by atoms with Crippen LogP contribution >= 0.6 is 0 Å². The first kappa shape index (κ1) is 15.9. The summed E-state index contributed by atoms with van der Waals surface area (Å²) in [7, 11) is 0. The van der Waals surface area contributed by atoms with E-state index in [9.17, 15) is 9.59 Å². The molecule has 0 aliphatic rings. The fourth-order valence-electron chi connectivity index (χ4n) is 1.45. The molecule has 0 heterocycles. The highest BCUT2D eigenvalue weighted by Crippen LogP contribution is 2.08. The maximum absolute atomic E-state index is 11.8. The van der Waals surface area contributed by atoms with Crippen LogP contribution in [0.5, 0.6) is 0 Å². The van der Waals surface area contributed by atoms with E-state index in [2.05, 4.69) is 5.32 Å². The van der Waals surface area contributed by atoms with Crippen molar-refractivity contribution in [2.45, 2.75) is 46.1 Å². The molecule has 2 unspecified atom stereocenters. The summed E-state index contributed by atoms with van der Waals surface area (Å²) in [4.78, 5) is 23.1. The Bertz CT molecular complexity index is 264. The second-order valence-electron chi connectivity index (χ2n) is 4.53. The zero-order valence-corrected chi connectivity index (χ0v) is 11.2. The predicted octanol–water partition coefficient (Wildman–Crippen LogP) is 0.819. The van der Waals surface area contributed by atoms with E-state index in [-0.39, 0.29) is 24.3 Å². The topological polar surface area (TPSA) is 81.4 Å². The molecule has 0 aliphatic carbocycles. The molecule has 100 valence electrons. The molecule has 5 heteroatoms. The standard InChI is InChI=1S/C12H24N2O3/c1-5-7-12(4,13)11(16)14-8-9(3)10(15)17-6-2/h9H,5-8,13H2,1-4H3,(H,14,16). The van der Waals surface area contributed by atoms with Gasteiger partial charge in [-0.1, -0.05) is 20.3 Å². The number of esters is 1. The van der Waals surface area contributed by atoms with Gasteiger partial charge >= 0.3 is 5.97 Å². The smallest absolute Gasteiger partial charge is 0.310 e. The van der Waals surface area contributed by atoms with Crippen molar-refractivity contribution in [2.24, 2.45) is 11.7 Å². The quantitative estimate of drug-likeness (QED) is 0.650. The lowest BCUT2D eigenvalue weighted by molar-refractivity contribution is -0.147. The average Bonchev–Trinajstić information content (AvgIpc) is 2.25. The number of ether oxygens (including phenoxy) is 1. The molecule has 0 aromatic heterocycles. The summed E-state index contributed by atoms with van der Waals surface area (Å²) in [5.74, 6) is -0.881. The van der Waals surface area contributed by atoms with Gasteiger partial charge in [0.15, 0.2) is 0 Å². The van der Waals surface area contributed by atoms with E-state index in [4.69, 9.17) is 10.5 Å². The lowest BCUT2D eigenvalue weighted by atomic mass is 9.96. The third-order valence-electron chi connectivity index (χ3n) is 2.55. The van der Waals surface area contributed by atoms with Crippen LogP contribution in [-0.4, -0.2) is 30.6 Å². The molecule has 0 spiro atoms. The number of carbonyl (C=O) groups excluding carboxylic acids is 2. The van der Waals surface area contributed by atoms with Gasteiger partial charge in [0.2, 0.25) is 5.91 Å². The Hall–Kier alpha value is -1.10. The van der Waals surface area contributed by atoms with Crippen molar-refractivity contribution in [1.29, 1.82) is 0 Å². The fraction of sp³-hybridized carbons (Fsp3) is 0.833. The summed E-state index contributed by atoms with van der Waals surface area (Å²) < 4.78 is 4.85. The molecule has 0 fully saturated rings. The van der Waals surface area contributed by atoms with Crippen molar-refractivity contribution in [2.75, 3.05) is 13.2 Å². The summed E-state index contributed by atoms with van der Waals surface area (Å²) in [5, 5.41) is 2.68. The molecule has 0 rings (SSSR count). The molecule has 2 atom stereocenters. The van der Waals surface area contributed by atoms with Gasteiger partial charge in [0, 0.05) is 6.54 Å². The van der Waals surface area contributed by atoms with Crippen LogP contribution in [-0.2, 0) is 14.3 Å². The Morgan fingerprint density at radius 1 is 1.41 bits per heavy atom. The zero-order valence-electron chi connectivity index (χ0n) is 11.2. The number of carbonyl (C=O) groups is 2. The number of hydrogen-bond acceptors (Lipinski definition) is 4. The zero-order chi connectivity index (χ0) is 13.5. The van der Waals surface area contributed by atoms with E-state index in [1.165, 1.54) is 0 Å². The third kappa shape index (κ3) is 5.68. The van der Waals surface area contributed by atoms with Gasteiger partial charge in [-0.05, 0) is 20.3 Å². The number of nitrogens with two attached hydrogens (primary N) is 1. The molecule has 3 N–H and O–H groups in total. The second-order valence-corrected chi connectivity index (χ2v) is 4.53. The largest absolute Gasteiger partial charge is 0.466 e. The molecule has 0 aromatic carbocycles. The Morgan fingerprint density at radius 3 is 2.47 bits per heavy atom. The summed E-state index contributed by atoms with van der Waals surface area (Å²) in [6, 6.07) is 0. The van der Waals surface area contributed by atoms with Crippen LogP contribution in [0.2, 0.25) is 0 Å². The molecule has 0 radical (unpaired) electrons. The Balaban J connectivity index is 4.11. The summed E-state index contributed by atoms with van der Waals surface area (Å²) in [5.41, 5.74) is 4.99. The highest BCUT2D eigenvalue weighted by atomic mass is 16.5. The monoisotopic (exact) mass is 244 g/mol. The normalized spacial score (nSPS) is 15.8. The van der Waals surface area contributed by atoms with E-state index < -0.39 is 5.54 Å². The molecule has 1 amide bonds. The van der Waals surface area contributed by atoms with E-state index in [0.717, 1.165) is 6.42 Å². The van der Waals surface area contributed by atoms with Crippen molar-refractivity contribution in [3.63, 3.8) is 0 Å². The van der Waals surface area contributed by atoms with Crippen molar-refractivity contribution >= 4 is 11.9 Å². The van der Waals surface area contributed by atoms with Gasteiger partial charge < -0.3 is 15.8 Å². The molecule has 17 heavy (non-hydrogen) atoms. The van der Waals surface area contributed by atoms with Crippen LogP contribution in [0.25, 0.3) is 0 Å². The Kier molecular flexibility index (Phi) is 6.80. The van der Waals surface area contributed by atoms with Crippen molar-refractivity contribution in [1.82, 2.24) is 5.32 Å². The van der Waals surface area contributed by atoms with Crippen LogP contribution in [0, 0.1) is 5.92 Å². The summed E-state index contributed by atoms with van der Waals surface area (Å²) in [6.07, 6.45) is 1.46. The van der Waals surface area contributed by atoms with Gasteiger partial charge in [0.1, 0.15) is 0 Å². The Morgan fingerprint density at radius 2 is 2.00 bits per heavy atom. The molecular formula is C12H24N2O3. The molecule has 0 saturated carbocycles. The van der Waals surface area contributed by atoms with Crippen LogP contribution in [0.15, 0.2) is 0 Å². The first-order valence-electron chi connectivity index (χ1n) is 6.09. The predicted molar refractivity (Wildman–Crippen MR) is 66.3 cm³/mol. The van der Waals surface area contributed by atoms with Crippen LogP contribution in [0.4, 0.5) is 0 Å². The minimum Gasteiger partial charge on any atom is -0.466 e. The first-order chi connectivity index (χ1) is 7.85. The lowest BCUT2D eigenvalue weighted by Crippen LogP contribution is -2.52. The van der Waals surface area contributed by atoms with E-state index in [1.807, 2.05) is 6.92 Å². The van der Waals surface area contributed by atoms with Gasteiger partial charge in [-0.3, -0.25) is 9.59 Å². The Labute approximate surface area is 103 Å². The van der Waals surface area contributed by atoms with Crippen LogP contribution in [0.3, 0.4) is 0 Å². The highest BCUT2D eigenvalue weighted by molar-refractivity contribution is 5.86. The lowest BCUT2D eigenvalue weighted by Gasteiger charge is -2.23. The molecular weight excluding hydrogens is 220 g/mol. The molecule has 0 saturated heterocycles. The van der Waals surface area contributed by atoms with Crippen molar-refractivity contribution in [3.8, 4) is 0 Å². The van der Waals surface area contributed by atoms with Gasteiger partial charge in [-0.2, -0.15) is 0 Å². The number of nitrogens with one attached hydrogen (secondary N) is 1. The molecule has 5 nitrogen and oxygen atoms in total. The fourth-order valence-corrected chi connectivity index (χ4v) is 1.45. The molecule has 0 bridgehead atoms. The van der Waals surface area contributed by atoms with E-state index in [0.29, 0.717) is 13.0 Å². The van der Waals surface area contributed by atoms with Gasteiger partial charge in [0.25, 0.3) is 0 Å². The average molecular weight is 244 g/mol. The second kappa shape index (κ2) is 7.27. The SMILES string of the molecule is CCCC(C)(N)C(=O)NCC(C)C(=O)OCC. The van der Waals surface area contributed by atoms with Crippen molar-refractivity contribution < 1.29 is 14.3 Å². The first-order valence-corrected chi connectivity index (χ1v) is 6.09. The van der Waals surface area contributed by atoms with Gasteiger partial charge in [-0.15, -0.1) is 0 Å². The van der Waals surface area contributed by atoms with Gasteiger partial charge in [-0.25, -0.2) is 0 Å². The maximum atomic E-state index is 11.8. The van der Waals surface area contributed by atoms with Crippen LogP contribution in [0.1, 0.15) is 40.5 Å². The minimum absolute atomic E-state index is 0.226. The minimum atomic E-state index is -0.872.